The Hall–Kier alpha value is -2.21. The quantitative estimate of drug-likeness (QED) is 0.933. The molecule has 0 aliphatic carbocycles. The average Bonchev–Trinajstić information content (AvgIpc) is 2.55. The Bertz CT molecular complexity index is 792. The van der Waals surface area contributed by atoms with Crippen molar-refractivity contribution >= 4 is 0 Å². The van der Waals surface area contributed by atoms with Crippen LogP contribution >= 0.6 is 0 Å². The van der Waals surface area contributed by atoms with Gasteiger partial charge in [-0.25, -0.2) is 4.98 Å². The van der Waals surface area contributed by atoms with Crippen LogP contribution in [-0.2, 0) is 24.9 Å². The van der Waals surface area contributed by atoms with Crippen LogP contribution in [0.1, 0.15) is 43.4 Å². The van der Waals surface area contributed by atoms with E-state index in [1.165, 1.54) is 0 Å². The number of hydrogen-bond donors (Lipinski definition) is 1. The minimum Gasteiger partial charge on any atom is -0.496 e. The number of nitrogens with zero attached hydrogens (tertiary/aromatic N) is 3. The first-order valence-corrected chi connectivity index (χ1v) is 8.20. The Morgan fingerprint density at radius 3 is 2.88 bits per heavy atom. The van der Waals surface area contributed by atoms with E-state index in [0.717, 1.165) is 41.4 Å². The number of nitrogens with one attached hydrogen (secondary N) is 1. The van der Waals surface area contributed by atoms with Gasteiger partial charge >= 0.3 is 0 Å². The molecule has 0 atom stereocenters. The maximum atomic E-state index is 12.5. The number of H-pyrrole nitrogens is 1. The smallest absolute Gasteiger partial charge is 0.255 e. The lowest BCUT2D eigenvalue weighted by molar-refractivity contribution is 0.237. The van der Waals surface area contributed by atoms with Crippen LogP contribution < -0.4 is 10.3 Å². The molecule has 0 aromatic carbocycles. The van der Waals surface area contributed by atoms with Crippen LogP contribution in [-0.4, -0.2) is 33.5 Å². The highest BCUT2D eigenvalue weighted by molar-refractivity contribution is 5.30. The van der Waals surface area contributed by atoms with Gasteiger partial charge in [0, 0.05) is 49.4 Å². The Morgan fingerprint density at radius 2 is 2.17 bits per heavy atom. The largest absolute Gasteiger partial charge is 0.496 e. The van der Waals surface area contributed by atoms with Gasteiger partial charge in [0.05, 0.1) is 18.4 Å². The fraction of sp³-hybridized carbons (Fsp3) is 0.500. The van der Waals surface area contributed by atoms with Gasteiger partial charge in [-0.1, -0.05) is 20.8 Å². The minimum atomic E-state index is -0.158. The highest BCUT2D eigenvalue weighted by atomic mass is 16.5. The fourth-order valence-electron chi connectivity index (χ4n) is 2.94. The van der Waals surface area contributed by atoms with Gasteiger partial charge in [-0.05, 0) is 6.07 Å². The lowest BCUT2D eigenvalue weighted by atomic mass is 9.95. The van der Waals surface area contributed by atoms with E-state index < -0.39 is 0 Å². The molecule has 1 aliphatic rings. The Balaban J connectivity index is 1.84. The summed E-state index contributed by atoms with van der Waals surface area (Å²) in [5, 5.41) is 0. The molecular weight excluding hydrogens is 304 g/mol. The first kappa shape index (κ1) is 16.6. The van der Waals surface area contributed by atoms with Crippen LogP contribution in [0.4, 0.5) is 0 Å². The second-order valence-corrected chi connectivity index (χ2v) is 7.24. The Kier molecular flexibility index (Phi) is 4.41. The summed E-state index contributed by atoms with van der Waals surface area (Å²) in [5.41, 5.74) is 2.55. The molecule has 0 fully saturated rings. The van der Waals surface area contributed by atoms with Crippen LogP contribution in [0.2, 0.25) is 0 Å². The molecule has 0 saturated heterocycles. The van der Waals surface area contributed by atoms with Crippen LogP contribution in [0.25, 0.3) is 0 Å². The Labute approximate surface area is 141 Å². The van der Waals surface area contributed by atoms with Gasteiger partial charge in [0.15, 0.2) is 0 Å². The van der Waals surface area contributed by atoms with E-state index in [9.17, 15) is 4.79 Å². The number of aromatic amines is 1. The van der Waals surface area contributed by atoms with Crippen molar-refractivity contribution in [2.45, 2.75) is 45.7 Å². The number of ether oxygens (including phenoxy) is 1. The molecule has 0 spiro atoms. The van der Waals surface area contributed by atoms with Gasteiger partial charge in [0.1, 0.15) is 11.6 Å². The van der Waals surface area contributed by atoms with Crippen molar-refractivity contribution < 1.29 is 4.74 Å². The molecule has 0 amide bonds. The van der Waals surface area contributed by atoms with Gasteiger partial charge in [-0.3, -0.25) is 14.7 Å². The third-order valence-electron chi connectivity index (χ3n) is 4.33. The average molecular weight is 328 g/mol. The monoisotopic (exact) mass is 328 g/mol. The van der Waals surface area contributed by atoms with Crippen LogP contribution in [0, 0.1) is 0 Å². The molecular formula is C18H24N4O2. The summed E-state index contributed by atoms with van der Waals surface area (Å²) in [7, 11) is 1.66. The van der Waals surface area contributed by atoms with E-state index in [1.807, 2.05) is 12.3 Å². The molecule has 6 nitrogen and oxygen atoms in total. The highest BCUT2D eigenvalue weighted by Crippen LogP contribution is 2.23. The standard InChI is InChI=1S/C18H24N4O2/c1-18(2,3)17-20-14-6-8-22(11-13(14)16(23)21-17)10-12-9-19-7-5-15(12)24-4/h5,7,9H,6,8,10-11H2,1-4H3,(H,20,21,23). The normalized spacial score (nSPS) is 15.2. The van der Waals surface area contributed by atoms with Crippen molar-refractivity contribution in [2.75, 3.05) is 13.7 Å². The van der Waals surface area contributed by atoms with Crippen molar-refractivity contribution in [1.29, 1.82) is 0 Å². The summed E-state index contributed by atoms with van der Waals surface area (Å²) in [4.78, 5) is 26.6. The van der Waals surface area contributed by atoms with E-state index in [1.54, 1.807) is 13.3 Å². The SMILES string of the molecule is COc1ccncc1CN1CCc2nc(C(C)(C)C)[nH]c(=O)c2C1. The summed E-state index contributed by atoms with van der Waals surface area (Å²) in [6, 6.07) is 1.86. The van der Waals surface area contributed by atoms with Gasteiger partial charge in [-0.2, -0.15) is 0 Å². The second-order valence-electron chi connectivity index (χ2n) is 7.24. The Morgan fingerprint density at radius 1 is 1.38 bits per heavy atom. The maximum Gasteiger partial charge on any atom is 0.255 e. The molecule has 24 heavy (non-hydrogen) atoms. The minimum absolute atomic E-state index is 0.0206. The topological polar surface area (TPSA) is 71.1 Å². The predicted octanol–water partition coefficient (Wildman–Crippen LogP) is 2.03. The molecule has 0 saturated carbocycles. The first-order valence-electron chi connectivity index (χ1n) is 8.20. The molecule has 2 aromatic heterocycles. The fourth-order valence-corrected chi connectivity index (χ4v) is 2.94. The number of fused-ring (bicyclic) bond motifs is 1. The van der Waals surface area contributed by atoms with Crippen LogP contribution in [0.5, 0.6) is 5.75 Å². The number of pyridine rings is 1. The number of methoxy groups -OCH3 is 1. The molecule has 128 valence electrons. The van der Waals surface area contributed by atoms with Crippen LogP contribution in [0.3, 0.4) is 0 Å². The molecule has 3 heterocycles. The first-order chi connectivity index (χ1) is 11.4. The number of rotatable bonds is 3. The van der Waals surface area contributed by atoms with E-state index in [0.29, 0.717) is 13.1 Å². The van der Waals surface area contributed by atoms with Gasteiger partial charge in [0.2, 0.25) is 0 Å². The molecule has 6 heteroatoms. The van der Waals surface area contributed by atoms with E-state index in [4.69, 9.17) is 9.72 Å². The van der Waals surface area contributed by atoms with E-state index in [2.05, 4.69) is 35.6 Å². The lowest BCUT2D eigenvalue weighted by Gasteiger charge is -2.29. The number of hydrogen-bond acceptors (Lipinski definition) is 5. The molecule has 3 rings (SSSR count). The summed E-state index contributed by atoms with van der Waals surface area (Å²) in [6.45, 7) is 8.34. The van der Waals surface area contributed by atoms with Crippen LogP contribution in [0.15, 0.2) is 23.3 Å². The maximum absolute atomic E-state index is 12.5. The predicted molar refractivity (Wildman–Crippen MR) is 92.2 cm³/mol. The zero-order chi connectivity index (χ0) is 17.3. The number of aromatic nitrogens is 3. The van der Waals surface area contributed by atoms with Crippen molar-refractivity contribution in [3.05, 3.63) is 51.5 Å². The molecule has 0 unspecified atom stereocenters. The summed E-state index contributed by atoms with van der Waals surface area (Å²) < 4.78 is 5.39. The van der Waals surface area contributed by atoms with Crippen molar-refractivity contribution in [3.63, 3.8) is 0 Å². The zero-order valence-corrected chi connectivity index (χ0v) is 14.7. The molecule has 1 aliphatic heterocycles. The third kappa shape index (κ3) is 3.33. The van der Waals surface area contributed by atoms with Crippen molar-refractivity contribution in [3.8, 4) is 5.75 Å². The van der Waals surface area contributed by atoms with Crippen molar-refractivity contribution in [2.24, 2.45) is 0 Å². The second kappa shape index (κ2) is 6.36. The van der Waals surface area contributed by atoms with E-state index in [-0.39, 0.29) is 11.0 Å². The van der Waals surface area contributed by atoms with Crippen molar-refractivity contribution in [1.82, 2.24) is 19.9 Å². The van der Waals surface area contributed by atoms with E-state index >= 15 is 0 Å². The zero-order valence-electron chi connectivity index (χ0n) is 14.7. The highest BCUT2D eigenvalue weighted by Gasteiger charge is 2.25. The molecule has 0 bridgehead atoms. The summed E-state index contributed by atoms with van der Waals surface area (Å²) in [6.07, 6.45) is 4.32. The molecule has 1 N–H and O–H groups in total. The van der Waals surface area contributed by atoms with Gasteiger partial charge < -0.3 is 9.72 Å². The van der Waals surface area contributed by atoms with Gasteiger partial charge in [-0.15, -0.1) is 0 Å². The molecule has 2 aromatic rings. The summed E-state index contributed by atoms with van der Waals surface area (Å²) >= 11 is 0. The van der Waals surface area contributed by atoms with Gasteiger partial charge in [0.25, 0.3) is 5.56 Å². The lowest BCUT2D eigenvalue weighted by Crippen LogP contribution is -2.37. The third-order valence-corrected chi connectivity index (χ3v) is 4.33. The molecule has 0 radical (unpaired) electrons. The summed E-state index contributed by atoms with van der Waals surface area (Å²) in [5.74, 6) is 1.58.